The van der Waals surface area contributed by atoms with E-state index in [2.05, 4.69) is 10.1 Å². The SMILES string of the molecule is C[C@H](CNC(=O)c1ccccc1)C(CCc1ccc(F)cc1)OC(F)(F)F. The van der Waals surface area contributed by atoms with Crippen LogP contribution in [0.1, 0.15) is 29.3 Å². The normalized spacial score (nSPS) is 13.8. The standard InChI is InChI=1S/C20H21F4NO2/c1-14(13-25-19(26)16-5-3-2-4-6-16)18(27-20(22,23)24)12-9-15-7-10-17(21)11-8-15/h2-8,10-11,14,18H,9,12-13H2,1H3,(H,25,26)/t14-,18?/m1/s1. The Morgan fingerprint density at radius 3 is 2.30 bits per heavy atom. The maximum atomic E-state index is 12.9. The zero-order valence-electron chi connectivity index (χ0n) is 14.8. The van der Waals surface area contributed by atoms with Crippen LogP contribution in [-0.2, 0) is 11.2 Å². The molecule has 27 heavy (non-hydrogen) atoms. The van der Waals surface area contributed by atoms with E-state index in [0.29, 0.717) is 17.5 Å². The number of carbonyl (C=O) groups is 1. The average molecular weight is 383 g/mol. The number of amides is 1. The molecule has 0 saturated heterocycles. The van der Waals surface area contributed by atoms with Crippen LogP contribution in [0.25, 0.3) is 0 Å². The lowest BCUT2D eigenvalue weighted by Crippen LogP contribution is -2.37. The molecule has 0 aromatic heterocycles. The van der Waals surface area contributed by atoms with Gasteiger partial charge in [-0.25, -0.2) is 4.39 Å². The Kier molecular flexibility index (Phi) is 7.36. The zero-order chi connectivity index (χ0) is 19.9. The monoisotopic (exact) mass is 383 g/mol. The fraction of sp³-hybridized carbons (Fsp3) is 0.350. The number of ether oxygens (including phenoxy) is 1. The molecule has 0 aliphatic rings. The lowest BCUT2D eigenvalue weighted by Gasteiger charge is -2.25. The van der Waals surface area contributed by atoms with E-state index in [1.165, 1.54) is 24.3 Å². The second-order valence-corrected chi connectivity index (χ2v) is 6.32. The summed E-state index contributed by atoms with van der Waals surface area (Å²) in [7, 11) is 0. The highest BCUT2D eigenvalue weighted by molar-refractivity contribution is 5.94. The molecule has 1 unspecified atom stereocenters. The number of benzene rings is 2. The second kappa shape index (κ2) is 9.50. The molecule has 1 amide bonds. The van der Waals surface area contributed by atoms with Crippen molar-refractivity contribution in [3.8, 4) is 0 Å². The van der Waals surface area contributed by atoms with Gasteiger partial charge in [0.15, 0.2) is 0 Å². The van der Waals surface area contributed by atoms with Gasteiger partial charge in [0, 0.05) is 18.0 Å². The molecule has 0 aliphatic carbocycles. The molecule has 0 fully saturated rings. The zero-order valence-corrected chi connectivity index (χ0v) is 14.8. The predicted octanol–water partition coefficient (Wildman–Crippen LogP) is 4.73. The Balaban J connectivity index is 1.95. The third-order valence-electron chi connectivity index (χ3n) is 4.17. The van der Waals surface area contributed by atoms with Crippen molar-refractivity contribution in [2.24, 2.45) is 5.92 Å². The summed E-state index contributed by atoms with van der Waals surface area (Å²) in [6.45, 7) is 1.63. The van der Waals surface area contributed by atoms with Gasteiger partial charge in [0.1, 0.15) is 5.82 Å². The van der Waals surface area contributed by atoms with Crippen molar-refractivity contribution in [3.05, 3.63) is 71.5 Å². The van der Waals surface area contributed by atoms with E-state index in [4.69, 9.17) is 0 Å². The number of halogens is 4. The average Bonchev–Trinajstić information content (AvgIpc) is 2.64. The molecule has 7 heteroatoms. The van der Waals surface area contributed by atoms with Gasteiger partial charge in [0.2, 0.25) is 0 Å². The van der Waals surface area contributed by atoms with E-state index in [1.807, 2.05) is 0 Å². The third-order valence-corrected chi connectivity index (χ3v) is 4.17. The first-order valence-corrected chi connectivity index (χ1v) is 8.57. The first kappa shape index (κ1) is 20.9. The van der Waals surface area contributed by atoms with Crippen molar-refractivity contribution in [3.63, 3.8) is 0 Å². The van der Waals surface area contributed by atoms with E-state index in [1.54, 1.807) is 37.3 Å². The van der Waals surface area contributed by atoms with Crippen molar-refractivity contribution in [1.29, 1.82) is 0 Å². The van der Waals surface area contributed by atoms with Crippen LogP contribution in [0.5, 0.6) is 0 Å². The van der Waals surface area contributed by atoms with Crippen LogP contribution in [0.3, 0.4) is 0 Å². The lowest BCUT2D eigenvalue weighted by molar-refractivity contribution is -0.348. The minimum Gasteiger partial charge on any atom is -0.352 e. The minimum absolute atomic E-state index is 0.0396. The maximum Gasteiger partial charge on any atom is 0.522 e. The van der Waals surface area contributed by atoms with Crippen molar-refractivity contribution in [2.45, 2.75) is 32.2 Å². The molecule has 3 nitrogen and oxygen atoms in total. The number of aryl methyl sites for hydroxylation is 1. The summed E-state index contributed by atoms with van der Waals surface area (Å²) < 4.78 is 55.4. The summed E-state index contributed by atoms with van der Waals surface area (Å²) in [5.41, 5.74) is 1.15. The lowest BCUT2D eigenvalue weighted by atomic mass is 9.97. The Bertz CT molecular complexity index is 717. The van der Waals surface area contributed by atoms with Crippen molar-refractivity contribution < 1.29 is 27.1 Å². The summed E-state index contributed by atoms with van der Waals surface area (Å²) in [5, 5.41) is 2.63. The number of rotatable bonds is 8. The fourth-order valence-corrected chi connectivity index (χ4v) is 2.67. The highest BCUT2D eigenvalue weighted by atomic mass is 19.4. The van der Waals surface area contributed by atoms with E-state index < -0.39 is 24.2 Å². The van der Waals surface area contributed by atoms with Gasteiger partial charge in [0.25, 0.3) is 5.91 Å². The van der Waals surface area contributed by atoms with Crippen LogP contribution in [0.15, 0.2) is 54.6 Å². The Labute approximate surface area is 155 Å². The van der Waals surface area contributed by atoms with E-state index in [9.17, 15) is 22.4 Å². The van der Waals surface area contributed by atoms with Gasteiger partial charge in [-0.05, 0) is 42.7 Å². The van der Waals surface area contributed by atoms with Crippen LogP contribution >= 0.6 is 0 Å². The van der Waals surface area contributed by atoms with E-state index >= 15 is 0 Å². The van der Waals surface area contributed by atoms with Gasteiger partial charge in [-0.3, -0.25) is 9.53 Å². The van der Waals surface area contributed by atoms with Gasteiger partial charge in [0.05, 0.1) is 6.10 Å². The second-order valence-electron chi connectivity index (χ2n) is 6.32. The minimum atomic E-state index is -4.77. The predicted molar refractivity (Wildman–Crippen MR) is 93.6 cm³/mol. The molecule has 0 heterocycles. The number of carbonyl (C=O) groups excluding carboxylic acids is 1. The molecule has 2 aromatic carbocycles. The molecule has 0 spiro atoms. The van der Waals surface area contributed by atoms with Gasteiger partial charge in [-0.15, -0.1) is 13.2 Å². The number of nitrogens with one attached hydrogen (secondary N) is 1. The van der Waals surface area contributed by atoms with Crippen LogP contribution < -0.4 is 5.32 Å². The Hall–Kier alpha value is -2.41. The molecule has 146 valence electrons. The number of hydrogen-bond donors (Lipinski definition) is 1. The molecule has 0 radical (unpaired) electrons. The molecule has 0 aliphatic heterocycles. The maximum absolute atomic E-state index is 12.9. The molecule has 0 saturated carbocycles. The van der Waals surface area contributed by atoms with Crippen LogP contribution in [0, 0.1) is 11.7 Å². The quantitative estimate of drug-likeness (QED) is 0.670. The third kappa shape index (κ3) is 7.38. The summed E-state index contributed by atoms with van der Waals surface area (Å²) in [6.07, 6.45) is -5.51. The first-order valence-electron chi connectivity index (χ1n) is 8.57. The largest absolute Gasteiger partial charge is 0.522 e. The summed E-state index contributed by atoms with van der Waals surface area (Å²) in [5.74, 6) is -1.33. The Morgan fingerprint density at radius 1 is 1.07 bits per heavy atom. The topological polar surface area (TPSA) is 38.3 Å². The Morgan fingerprint density at radius 2 is 1.70 bits per heavy atom. The molecule has 2 rings (SSSR count). The molecule has 2 atom stereocenters. The number of hydrogen-bond acceptors (Lipinski definition) is 2. The van der Waals surface area contributed by atoms with Crippen molar-refractivity contribution >= 4 is 5.91 Å². The summed E-state index contributed by atoms with van der Waals surface area (Å²) in [4.78, 5) is 12.1. The van der Waals surface area contributed by atoms with Crippen LogP contribution in [0.2, 0.25) is 0 Å². The molecular formula is C20H21F4NO2. The summed E-state index contributed by atoms with van der Waals surface area (Å²) >= 11 is 0. The highest BCUT2D eigenvalue weighted by Gasteiger charge is 2.35. The van der Waals surface area contributed by atoms with Gasteiger partial charge >= 0.3 is 6.36 Å². The first-order chi connectivity index (χ1) is 12.7. The van der Waals surface area contributed by atoms with Crippen molar-refractivity contribution in [1.82, 2.24) is 5.32 Å². The van der Waals surface area contributed by atoms with Crippen LogP contribution in [-0.4, -0.2) is 24.9 Å². The fourth-order valence-electron chi connectivity index (χ4n) is 2.67. The van der Waals surface area contributed by atoms with Gasteiger partial charge < -0.3 is 5.32 Å². The van der Waals surface area contributed by atoms with E-state index in [0.717, 1.165) is 0 Å². The van der Waals surface area contributed by atoms with Crippen LogP contribution in [0.4, 0.5) is 17.6 Å². The molecule has 2 aromatic rings. The van der Waals surface area contributed by atoms with Crippen molar-refractivity contribution in [2.75, 3.05) is 6.54 Å². The molecule has 1 N–H and O–H groups in total. The number of alkyl halides is 3. The van der Waals surface area contributed by atoms with Gasteiger partial charge in [-0.1, -0.05) is 37.3 Å². The highest BCUT2D eigenvalue weighted by Crippen LogP contribution is 2.25. The molecular weight excluding hydrogens is 362 g/mol. The van der Waals surface area contributed by atoms with Gasteiger partial charge in [-0.2, -0.15) is 0 Å². The van der Waals surface area contributed by atoms with E-state index in [-0.39, 0.29) is 18.9 Å². The summed E-state index contributed by atoms with van der Waals surface area (Å²) in [6, 6.07) is 14.0. The molecule has 0 bridgehead atoms. The smallest absolute Gasteiger partial charge is 0.352 e.